The molecule has 58 valence electrons. The largest absolute Gasteiger partial charge is 0.405 e. The van der Waals surface area contributed by atoms with E-state index in [-0.39, 0.29) is 0 Å². The first kappa shape index (κ1) is 9.28. The number of hydrogen-bond donors (Lipinski definition) is 1. The average Bonchev–Trinajstić information content (AvgIpc) is 1.59. The smallest absolute Gasteiger partial charge is 0.00598 e. The Balaban J connectivity index is 3.81. The minimum Gasteiger partial charge on any atom is -0.405 e. The van der Waals surface area contributed by atoms with Gasteiger partial charge in [0.25, 0.3) is 0 Å². The minimum atomic E-state index is 0.316. The predicted molar refractivity (Wildman–Crippen MR) is 46.5 cm³/mol. The lowest BCUT2D eigenvalue weighted by atomic mass is 9.88. The molecule has 0 saturated carbocycles. The van der Waals surface area contributed by atoms with Crippen molar-refractivity contribution in [1.82, 2.24) is 0 Å². The predicted octanol–water partition coefficient (Wildman–Crippen LogP) is 2.45. The third-order valence-electron chi connectivity index (χ3n) is 1.09. The lowest BCUT2D eigenvalue weighted by Gasteiger charge is -2.17. The summed E-state index contributed by atoms with van der Waals surface area (Å²) in [5, 5.41) is 0. The Morgan fingerprint density at radius 3 is 2.30 bits per heavy atom. The summed E-state index contributed by atoms with van der Waals surface area (Å²) in [5.41, 5.74) is 6.62. The van der Waals surface area contributed by atoms with Gasteiger partial charge in [-0.25, -0.2) is 0 Å². The standard InChI is InChI=1S/C9H17N/c1-8(5-6-10)7-9(2,3)4/h5-6H,1,7,10H2,2-4H3/b6-5-. The molecule has 0 heterocycles. The second-order valence-corrected chi connectivity index (χ2v) is 3.75. The van der Waals surface area contributed by atoms with Crippen LogP contribution in [-0.4, -0.2) is 0 Å². The van der Waals surface area contributed by atoms with Gasteiger partial charge in [-0.2, -0.15) is 0 Å². The number of rotatable bonds is 2. The van der Waals surface area contributed by atoms with Gasteiger partial charge in [-0.05, 0) is 24.1 Å². The fourth-order valence-electron chi connectivity index (χ4n) is 0.876. The first-order valence-corrected chi connectivity index (χ1v) is 3.52. The molecular weight excluding hydrogens is 122 g/mol. The van der Waals surface area contributed by atoms with E-state index in [2.05, 4.69) is 27.4 Å². The van der Waals surface area contributed by atoms with Crippen molar-refractivity contribution in [3.63, 3.8) is 0 Å². The molecule has 0 unspecified atom stereocenters. The Hall–Kier alpha value is -0.720. The van der Waals surface area contributed by atoms with Crippen LogP contribution in [0.4, 0.5) is 0 Å². The highest BCUT2D eigenvalue weighted by atomic mass is 14.5. The van der Waals surface area contributed by atoms with E-state index < -0.39 is 0 Å². The van der Waals surface area contributed by atoms with Crippen LogP contribution in [0.5, 0.6) is 0 Å². The topological polar surface area (TPSA) is 26.0 Å². The zero-order chi connectivity index (χ0) is 8.20. The van der Waals surface area contributed by atoms with E-state index in [9.17, 15) is 0 Å². The molecule has 1 heteroatoms. The van der Waals surface area contributed by atoms with Crippen LogP contribution in [0.15, 0.2) is 24.4 Å². The van der Waals surface area contributed by atoms with Crippen LogP contribution in [-0.2, 0) is 0 Å². The molecule has 0 spiro atoms. The van der Waals surface area contributed by atoms with Crippen LogP contribution in [0.1, 0.15) is 27.2 Å². The van der Waals surface area contributed by atoms with Gasteiger partial charge in [0, 0.05) is 0 Å². The Labute approximate surface area is 63.6 Å². The van der Waals surface area contributed by atoms with E-state index in [0.29, 0.717) is 5.41 Å². The summed E-state index contributed by atoms with van der Waals surface area (Å²) in [7, 11) is 0. The molecule has 0 bridgehead atoms. The SMILES string of the molecule is C=C(/C=C\N)CC(C)(C)C. The van der Waals surface area contributed by atoms with Crippen molar-refractivity contribution in [1.29, 1.82) is 0 Å². The van der Waals surface area contributed by atoms with Gasteiger partial charge >= 0.3 is 0 Å². The maximum absolute atomic E-state index is 5.21. The lowest BCUT2D eigenvalue weighted by molar-refractivity contribution is 0.413. The first-order chi connectivity index (χ1) is 4.45. The molecule has 0 rings (SSSR count). The summed E-state index contributed by atoms with van der Waals surface area (Å²) in [6.07, 6.45) is 4.39. The van der Waals surface area contributed by atoms with Crippen LogP contribution in [0.25, 0.3) is 0 Å². The van der Waals surface area contributed by atoms with Crippen molar-refractivity contribution in [3.8, 4) is 0 Å². The summed E-state index contributed by atoms with van der Waals surface area (Å²) in [6, 6.07) is 0. The van der Waals surface area contributed by atoms with E-state index >= 15 is 0 Å². The van der Waals surface area contributed by atoms with E-state index in [4.69, 9.17) is 5.73 Å². The molecule has 0 aliphatic rings. The Morgan fingerprint density at radius 1 is 1.50 bits per heavy atom. The van der Waals surface area contributed by atoms with E-state index in [1.54, 1.807) is 0 Å². The third kappa shape index (κ3) is 5.42. The molecule has 0 atom stereocenters. The van der Waals surface area contributed by atoms with Crippen LogP contribution >= 0.6 is 0 Å². The summed E-state index contributed by atoms with van der Waals surface area (Å²) in [6.45, 7) is 10.4. The van der Waals surface area contributed by atoms with Crippen LogP contribution < -0.4 is 5.73 Å². The monoisotopic (exact) mass is 139 g/mol. The molecule has 1 nitrogen and oxygen atoms in total. The van der Waals surface area contributed by atoms with Gasteiger partial charge in [-0.15, -0.1) is 0 Å². The Kier molecular flexibility index (Phi) is 3.20. The van der Waals surface area contributed by atoms with Crippen molar-refractivity contribution >= 4 is 0 Å². The van der Waals surface area contributed by atoms with Crippen LogP contribution in [0.2, 0.25) is 0 Å². The normalized spacial score (nSPS) is 12.3. The summed E-state index contributed by atoms with van der Waals surface area (Å²) < 4.78 is 0. The maximum Gasteiger partial charge on any atom is -0.00598 e. The second-order valence-electron chi connectivity index (χ2n) is 3.75. The van der Waals surface area contributed by atoms with Gasteiger partial charge in [-0.1, -0.05) is 32.9 Å². The molecule has 0 aromatic rings. The summed E-state index contributed by atoms with van der Waals surface area (Å²) >= 11 is 0. The van der Waals surface area contributed by atoms with Crippen LogP contribution in [0, 0.1) is 5.41 Å². The minimum absolute atomic E-state index is 0.316. The molecule has 0 amide bonds. The fraction of sp³-hybridized carbons (Fsp3) is 0.556. The number of nitrogens with two attached hydrogens (primary N) is 1. The van der Waals surface area contributed by atoms with E-state index in [1.807, 2.05) is 6.08 Å². The van der Waals surface area contributed by atoms with Gasteiger partial charge in [0.2, 0.25) is 0 Å². The number of allylic oxidation sites excluding steroid dienone is 2. The molecule has 0 radical (unpaired) electrons. The fourth-order valence-corrected chi connectivity index (χ4v) is 0.876. The van der Waals surface area contributed by atoms with Gasteiger partial charge in [0.1, 0.15) is 0 Å². The molecule has 10 heavy (non-hydrogen) atoms. The van der Waals surface area contributed by atoms with Crippen molar-refractivity contribution in [2.45, 2.75) is 27.2 Å². The summed E-state index contributed by atoms with van der Waals surface area (Å²) in [4.78, 5) is 0. The third-order valence-corrected chi connectivity index (χ3v) is 1.09. The van der Waals surface area contributed by atoms with Gasteiger partial charge in [-0.3, -0.25) is 0 Å². The molecule has 0 aromatic heterocycles. The molecule has 2 N–H and O–H groups in total. The highest BCUT2D eigenvalue weighted by Gasteiger charge is 2.09. The van der Waals surface area contributed by atoms with Gasteiger partial charge in [0.15, 0.2) is 0 Å². The first-order valence-electron chi connectivity index (χ1n) is 3.52. The number of hydrogen-bond acceptors (Lipinski definition) is 1. The second kappa shape index (κ2) is 3.45. The highest BCUT2D eigenvalue weighted by Crippen LogP contribution is 2.23. The van der Waals surface area contributed by atoms with Gasteiger partial charge in [0.05, 0.1) is 0 Å². The quantitative estimate of drug-likeness (QED) is 0.584. The summed E-state index contributed by atoms with van der Waals surface area (Å²) in [5.74, 6) is 0. The molecular formula is C9H17N. The highest BCUT2D eigenvalue weighted by molar-refractivity contribution is 5.14. The zero-order valence-corrected chi connectivity index (χ0v) is 7.15. The molecule has 0 aromatic carbocycles. The zero-order valence-electron chi connectivity index (χ0n) is 7.15. The average molecular weight is 139 g/mol. The van der Waals surface area contributed by atoms with Gasteiger partial charge < -0.3 is 5.73 Å². The molecule has 0 aliphatic carbocycles. The van der Waals surface area contributed by atoms with Crippen molar-refractivity contribution in [2.24, 2.45) is 11.1 Å². The molecule has 0 aliphatic heterocycles. The molecule has 0 saturated heterocycles. The lowest BCUT2D eigenvalue weighted by Crippen LogP contribution is -2.04. The maximum atomic E-state index is 5.21. The Morgan fingerprint density at radius 2 is 2.00 bits per heavy atom. The van der Waals surface area contributed by atoms with E-state index in [1.165, 1.54) is 6.20 Å². The van der Waals surface area contributed by atoms with Crippen LogP contribution in [0.3, 0.4) is 0 Å². The van der Waals surface area contributed by atoms with Crippen molar-refractivity contribution < 1.29 is 0 Å². The van der Waals surface area contributed by atoms with Crippen molar-refractivity contribution in [2.75, 3.05) is 0 Å². The van der Waals surface area contributed by atoms with E-state index in [0.717, 1.165) is 12.0 Å². The van der Waals surface area contributed by atoms with Crippen molar-refractivity contribution in [3.05, 3.63) is 24.4 Å². The Bertz CT molecular complexity index is 137. The molecule has 0 fully saturated rings.